The van der Waals surface area contributed by atoms with Crippen LogP contribution in [0, 0.1) is 6.92 Å². The number of imidazole rings is 1. The number of ether oxygens (including phenoxy) is 2. The quantitative estimate of drug-likeness (QED) is 0.745. The summed E-state index contributed by atoms with van der Waals surface area (Å²) in [4.78, 5) is 18.6. The first kappa shape index (κ1) is 16.0. The molecule has 0 aromatic carbocycles. The maximum atomic E-state index is 12.5. The fourth-order valence-corrected chi connectivity index (χ4v) is 2.72. The Morgan fingerprint density at radius 1 is 1.43 bits per heavy atom. The average Bonchev–Trinajstić information content (AvgIpc) is 2.93. The number of aromatic nitrogens is 2. The molecule has 118 valence electrons. The number of likely N-dealkylation sites (tertiary alicyclic amines) is 1. The molecule has 1 aromatic heterocycles. The van der Waals surface area contributed by atoms with Crippen LogP contribution >= 0.6 is 0 Å². The molecule has 0 unspecified atom stereocenters. The third-order valence-corrected chi connectivity index (χ3v) is 4.03. The zero-order chi connectivity index (χ0) is 15.2. The topological polar surface area (TPSA) is 56.6 Å². The van der Waals surface area contributed by atoms with Crippen molar-refractivity contribution in [2.24, 2.45) is 0 Å². The number of hydrogen-bond acceptors (Lipinski definition) is 4. The molecule has 0 aliphatic carbocycles. The predicted molar refractivity (Wildman–Crippen MR) is 79.1 cm³/mol. The van der Waals surface area contributed by atoms with Crippen LogP contribution in [0.5, 0.6) is 0 Å². The molecule has 0 radical (unpaired) electrons. The normalized spacial score (nSPS) is 18.0. The van der Waals surface area contributed by atoms with Gasteiger partial charge in [0.15, 0.2) is 0 Å². The second kappa shape index (κ2) is 7.56. The van der Waals surface area contributed by atoms with Gasteiger partial charge in [-0.1, -0.05) is 0 Å². The maximum Gasteiger partial charge on any atom is 0.245 e. The lowest BCUT2D eigenvalue weighted by Gasteiger charge is -2.33. The Kier molecular flexibility index (Phi) is 5.76. The molecule has 21 heavy (non-hydrogen) atoms. The van der Waals surface area contributed by atoms with E-state index in [4.69, 9.17) is 9.47 Å². The number of methoxy groups -OCH3 is 1. The molecule has 2 rings (SSSR count). The molecule has 0 spiro atoms. The Balaban J connectivity index is 1.82. The number of amides is 1. The lowest BCUT2D eigenvalue weighted by molar-refractivity contribution is -0.137. The second-order valence-electron chi connectivity index (χ2n) is 5.45. The highest BCUT2D eigenvalue weighted by molar-refractivity contribution is 5.80. The Morgan fingerprint density at radius 2 is 2.14 bits per heavy atom. The molecule has 1 saturated heterocycles. The summed E-state index contributed by atoms with van der Waals surface area (Å²) in [7, 11) is 1.67. The lowest BCUT2D eigenvalue weighted by Crippen LogP contribution is -2.43. The zero-order valence-electron chi connectivity index (χ0n) is 13.1. The Hall–Kier alpha value is -1.40. The molecule has 1 fully saturated rings. The van der Waals surface area contributed by atoms with E-state index in [1.54, 1.807) is 13.3 Å². The van der Waals surface area contributed by atoms with Crippen LogP contribution in [0.1, 0.15) is 31.6 Å². The van der Waals surface area contributed by atoms with Crippen molar-refractivity contribution in [3.63, 3.8) is 0 Å². The number of nitrogens with zero attached hydrogens (tertiary/aromatic N) is 3. The van der Waals surface area contributed by atoms with Crippen molar-refractivity contribution in [1.29, 1.82) is 0 Å². The van der Waals surface area contributed by atoms with Crippen LogP contribution in [-0.4, -0.2) is 59.9 Å². The third-order valence-electron chi connectivity index (χ3n) is 4.03. The largest absolute Gasteiger partial charge is 0.382 e. The minimum Gasteiger partial charge on any atom is -0.382 e. The van der Waals surface area contributed by atoms with E-state index in [-0.39, 0.29) is 18.1 Å². The van der Waals surface area contributed by atoms with Gasteiger partial charge in [0.05, 0.1) is 19.3 Å². The third kappa shape index (κ3) is 4.04. The first-order valence-electron chi connectivity index (χ1n) is 7.52. The summed E-state index contributed by atoms with van der Waals surface area (Å²) in [6.07, 6.45) is 5.62. The van der Waals surface area contributed by atoms with Crippen LogP contribution in [0.4, 0.5) is 0 Å². The number of piperidine rings is 1. The van der Waals surface area contributed by atoms with Crippen LogP contribution in [0.25, 0.3) is 0 Å². The molecular formula is C15H25N3O3. The molecule has 6 nitrogen and oxygen atoms in total. The van der Waals surface area contributed by atoms with E-state index in [2.05, 4.69) is 4.98 Å². The standard InChI is InChI=1S/C15H25N3O3/c1-12(18-9-6-16-13(18)2)15(19)17-7-4-14(5-8-17)21-11-10-20-3/h6,9,12,14H,4-5,7-8,10-11H2,1-3H3/t12-/m0/s1. The lowest BCUT2D eigenvalue weighted by atomic mass is 10.1. The number of aryl methyl sites for hydroxylation is 1. The van der Waals surface area contributed by atoms with E-state index in [1.807, 2.05) is 29.5 Å². The Bertz CT molecular complexity index is 453. The minimum atomic E-state index is -0.196. The fourth-order valence-electron chi connectivity index (χ4n) is 2.72. The van der Waals surface area contributed by atoms with Crippen LogP contribution in [0.2, 0.25) is 0 Å². The highest BCUT2D eigenvalue weighted by atomic mass is 16.5. The summed E-state index contributed by atoms with van der Waals surface area (Å²) in [5, 5.41) is 0. The van der Waals surface area contributed by atoms with Crippen molar-refractivity contribution < 1.29 is 14.3 Å². The number of carbonyl (C=O) groups excluding carboxylic acids is 1. The molecule has 1 amide bonds. The first-order chi connectivity index (χ1) is 10.1. The molecule has 1 aliphatic heterocycles. The van der Waals surface area contributed by atoms with Gasteiger partial charge in [-0.05, 0) is 26.7 Å². The summed E-state index contributed by atoms with van der Waals surface area (Å²) in [5.41, 5.74) is 0. The van der Waals surface area contributed by atoms with Crippen LogP contribution in [0.15, 0.2) is 12.4 Å². The predicted octanol–water partition coefficient (Wildman–Crippen LogP) is 1.41. The van der Waals surface area contributed by atoms with Crippen molar-refractivity contribution in [3.8, 4) is 0 Å². The smallest absolute Gasteiger partial charge is 0.245 e. The van der Waals surface area contributed by atoms with E-state index in [0.717, 1.165) is 31.8 Å². The van der Waals surface area contributed by atoms with Crippen molar-refractivity contribution in [3.05, 3.63) is 18.2 Å². The van der Waals surface area contributed by atoms with Gasteiger partial charge < -0.3 is 18.9 Å². The molecule has 0 N–H and O–H groups in total. The van der Waals surface area contributed by atoms with E-state index < -0.39 is 0 Å². The van der Waals surface area contributed by atoms with Gasteiger partial charge in [-0.3, -0.25) is 4.79 Å². The average molecular weight is 295 g/mol. The monoisotopic (exact) mass is 295 g/mol. The van der Waals surface area contributed by atoms with Crippen molar-refractivity contribution in [2.45, 2.75) is 38.8 Å². The SMILES string of the molecule is COCCOC1CCN(C(=O)[C@H](C)n2ccnc2C)CC1. The summed E-state index contributed by atoms with van der Waals surface area (Å²) in [5.74, 6) is 1.03. The maximum absolute atomic E-state index is 12.5. The second-order valence-corrected chi connectivity index (χ2v) is 5.45. The minimum absolute atomic E-state index is 0.159. The molecule has 6 heteroatoms. The molecule has 0 bridgehead atoms. The number of rotatable bonds is 6. The molecule has 2 heterocycles. The van der Waals surface area contributed by atoms with Gasteiger partial charge >= 0.3 is 0 Å². The molecule has 1 atom stereocenters. The summed E-state index contributed by atoms with van der Waals surface area (Å²) in [6, 6.07) is -0.196. The van der Waals surface area contributed by atoms with Crippen LogP contribution in [-0.2, 0) is 14.3 Å². The molecule has 1 aromatic rings. The van der Waals surface area contributed by atoms with E-state index in [1.165, 1.54) is 0 Å². The van der Waals surface area contributed by atoms with Gasteiger partial charge in [-0.2, -0.15) is 0 Å². The molecule has 0 saturated carbocycles. The highest BCUT2D eigenvalue weighted by Gasteiger charge is 2.27. The van der Waals surface area contributed by atoms with Crippen molar-refractivity contribution in [2.75, 3.05) is 33.4 Å². The number of carbonyl (C=O) groups is 1. The molecule has 1 aliphatic rings. The van der Waals surface area contributed by atoms with Gasteiger partial charge in [0, 0.05) is 32.6 Å². The van der Waals surface area contributed by atoms with Crippen molar-refractivity contribution >= 4 is 5.91 Å². The van der Waals surface area contributed by atoms with Gasteiger partial charge in [0.2, 0.25) is 5.91 Å². The zero-order valence-corrected chi connectivity index (χ0v) is 13.1. The summed E-state index contributed by atoms with van der Waals surface area (Å²) >= 11 is 0. The first-order valence-corrected chi connectivity index (χ1v) is 7.52. The van der Waals surface area contributed by atoms with Gasteiger partial charge in [-0.25, -0.2) is 4.98 Å². The van der Waals surface area contributed by atoms with Gasteiger partial charge in [0.25, 0.3) is 0 Å². The molecular weight excluding hydrogens is 270 g/mol. The highest BCUT2D eigenvalue weighted by Crippen LogP contribution is 2.18. The van der Waals surface area contributed by atoms with Gasteiger partial charge in [-0.15, -0.1) is 0 Å². The van der Waals surface area contributed by atoms with E-state index >= 15 is 0 Å². The number of hydrogen-bond donors (Lipinski definition) is 0. The van der Waals surface area contributed by atoms with Gasteiger partial charge in [0.1, 0.15) is 11.9 Å². The summed E-state index contributed by atoms with van der Waals surface area (Å²) < 4.78 is 12.6. The van der Waals surface area contributed by atoms with Crippen LogP contribution < -0.4 is 0 Å². The van der Waals surface area contributed by atoms with E-state index in [9.17, 15) is 4.79 Å². The van der Waals surface area contributed by atoms with Crippen molar-refractivity contribution in [1.82, 2.24) is 14.5 Å². The Morgan fingerprint density at radius 3 is 2.71 bits per heavy atom. The fraction of sp³-hybridized carbons (Fsp3) is 0.733. The Labute approximate surface area is 126 Å². The van der Waals surface area contributed by atoms with Crippen LogP contribution in [0.3, 0.4) is 0 Å². The van der Waals surface area contributed by atoms with E-state index in [0.29, 0.717) is 13.2 Å². The summed E-state index contributed by atoms with van der Waals surface area (Å²) in [6.45, 7) is 6.61.